The third-order valence-electron chi connectivity index (χ3n) is 2.69. The summed E-state index contributed by atoms with van der Waals surface area (Å²) in [6.07, 6.45) is 2.23. The lowest BCUT2D eigenvalue weighted by molar-refractivity contribution is -0.138. The smallest absolute Gasteiger partial charge is 0.239 e. The Morgan fingerprint density at radius 1 is 1.56 bits per heavy atom. The predicted molar refractivity (Wildman–Crippen MR) is 62.0 cm³/mol. The minimum Gasteiger partial charge on any atom is -0.353 e. The van der Waals surface area contributed by atoms with Crippen LogP contribution in [-0.4, -0.2) is 61.4 Å². The van der Waals surface area contributed by atoms with Gasteiger partial charge in [-0.05, 0) is 20.0 Å². The Kier molecular flexibility index (Phi) is 5.25. The van der Waals surface area contributed by atoms with Crippen LogP contribution >= 0.6 is 0 Å². The molecule has 0 saturated carbocycles. The highest BCUT2D eigenvalue weighted by atomic mass is 16.2. The zero-order valence-electron chi connectivity index (χ0n) is 10.2. The molecule has 92 valence electrons. The van der Waals surface area contributed by atoms with Crippen LogP contribution in [0.3, 0.4) is 0 Å². The summed E-state index contributed by atoms with van der Waals surface area (Å²) >= 11 is 0. The number of unbranched alkanes of at least 4 members (excludes halogenated alkanes) is 1. The molecule has 1 aliphatic heterocycles. The van der Waals surface area contributed by atoms with Gasteiger partial charge in [0.25, 0.3) is 0 Å². The Balaban J connectivity index is 2.30. The van der Waals surface area contributed by atoms with Gasteiger partial charge in [0, 0.05) is 13.1 Å². The molecule has 5 heteroatoms. The lowest BCUT2D eigenvalue weighted by Crippen LogP contribution is -2.52. The first-order valence-electron chi connectivity index (χ1n) is 5.86. The van der Waals surface area contributed by atoms with Crippen molar-refractivity contribution in [2.24, 2.45) is 0 Å². The summed E-state index contributed by atoms with van der Waals surface area (Å²) in [5, 5.41) is 2.71. The quantitative estimate of drug-likeness (QED) is 0.700. The molecule has 1 fully saturated rings. The van der Waals surface area contributed by atoms with Gasteiger partial charge in [-0.25, -0.2) is 0 Å². The summed E-state index contributed by atoms with van der Waals surface area (Å²) < 4.78 is 0. The van der Waals surface area contributed by atoms with E-state index in [2.05, 4.69) is 12.2 Å². The van der Waals surface area contributed by atoms with Crippen LogP contribution in [0.5, 0.6) is 0 Å². The van der Waals surface area contributed by atoms with Crippen molar-refractivity contribution < 1.29 is 9.59 Å². The summed E-state index contributed by atoms with van der Waals surface area (Å²) in [6.45, 7) is 4.88. The van der Waals surface area contributed by atoms with E-state index >= 15 is 0 Å². The normalized spacial score (nSPS) is 16.4. The predicted octanol–water partition coefficient (Wildman–Crippen LogP) is -0.323. The van der Waals surface area contributed by atoms with E-state index in [1.54, 1.807) is 4.90 Å². The van der Waals surface area contributed by atoms with E-state index in [4.69, 9.17) is 0 Å². The molecule has 1 N–H and O–H groups in total. The first kappa shape index (κ1) is 13.0. The highest BCUT2D eigenvalue weighted by Crippen LogP contribution is 1.98. The van der Waals surface area contributed by atoms with E-state index in [1.807, 2.05) is 11.9 Å². The lowest BCUT2D eigenvalue weighted by Gasteiger charge is -2.28. The Hall–Kier alpha value is -1.10. The summed E-state index contributed by atoms with van der Waals surface area (Å²) in [5.41, 5.74) is 0. The van der Waals surface area contributed by atoms with Gasteiger partial charge in [0.2, 0.25) is 11.8 Å². The van der Waals surface area contributed by atoms with Crippen LogP contribution in [0.4, 0.5) is 0 Å². The molecule has 5 nitrogen and oxygen atoms in total. The van der Waals surface area contributed by atoms with Crippen LogP contribution in [0.25, 0.3) is 0 Å². The SMILES string of the molecule is CCCCN(C)CC(=O)N1CCNC(=O)C1. The van der Waals surface area contributed by atoms with Crippen LogP contribution in [0.1, 0.15) is 19.8 Å². The summed E-state index contributed by atoms with van der Waals surface area (Å²) in [6, 6.07) is 0. The van der Waals surface area contributed by atoms with Crippen LogP contribution in [0, 0.1) is 0 Å². The van der Waals surface area contributed by atoms with Crippen molar-refractivity contribution in [2.75, 3.05) is 39.8 Å². The zero-order chi connectivity index (χ0) is 12.0. The van der Waals surface area contributed by atoms with Crippen molar-refractivity contribution in [3.05, 3.63) is 0 Å². The second-order valence-electron chi connectivity index (χ2n) is 4.26. The fourth-order valence-electron chi connectivity index (χ4n) is 1.69. The minimum atomic E-state index is -0.0594. The number of hydrogen-bond acceptors (Lipinski definition) is 3. The average molecular weight is 227 g/mol. The molecule has 0 radical (unpaired) electrons. The van der Waals surface area contributed by atoms with Gasteiger partial charge in [0.05, 0.1) is 13.1 Å². The van der Waals surface area contributed by atoms with E-state index in [0.717, 1.165) is 19.4 Å². The number of nitrogens with one attached hydrogen (secondary N) is 1. The summed E-state index contributed by atoms with van der Waals surface area (Å²) in [7, 11) is 1.94. The Bertz CT molecular complexity index is 256. The van der Waals surface area contributed by atoms with Gasteiger partial charge in [-0.2, -0.15) is 0 Å². The lowest BCUT2D eigenvalue weighted by atomic mass is 10.3. The van der Waals surface area contributed by atoms with E-state index in [0.29, 0.717) is 19.6 Å². The average Bonchev–Trinajstić information content (AvgIpc) is 2.26. The molecule has 2 amide bonds. The molecule has 0 unspecified atom stereocenters. The van der Waals surface area contributed by atoms with Crippen molar-refractivity contribution in [2.45, 2.75) is 19.8 Å². The number of carbonyl (C=O) groups is 2. The first-order chi connectivity index (χ1) is 7.63. The molecule has 1 rings (SSSR count). The van der Waals surface area contributed by atoms with E-state index in [-0.39, 0.29) is 18.4 Å². The van der Waals surface area contributed by atoms with Crippen molar-refractivity contribution in [1.82, 2.24) is 15.1 Å². The number of hydrogen-bond donors (Lipinski definition) is 1. The van der Waals surface area contributed by atoms with Crippen molar-refractivity contribution in [3.63, 3.8) is 0 Å². The molecule has 0 aromatic heterocycles. The monoisotopic (exact) mass is 227 g/mol. The van der Waals surface area contributed by atoms with Crippen LogP contribution in [-0.2, 0) is 9.59 Å². The zero-order valence-corrected chi connectivity index (χ0v) is 10.2. The molecule has 1 aliphatic rings. The molecule has 16 heavy (non-hydrogen) atoms. The van der Waals surface area contributed by atoms with Crippen molar-refractivity contribution in [3.8, 4) is 0 Å². The number of rotatable bonds is 5. The van der Waals surface area contributed by atoms with Gasteiger partial charge in [-0.1, -0.05) is 13.3 Å². The van der Waals surface area contributed by atoms with Gasteiger partial charge in [-0.3, -0.25) is 14.5 Å². The van der Waals surface area contributed by atoms with Crippen LogP contribution in [0.2, 0.25) is 0 Å². The molecule has 0 spiro atoms. The molecular weight excluding hydrogens is 206 g/mol. The van der Waals surface area contributed by atoms with Gasteiger partial charge in [0.15, 0.2) is 0 Å². The fourth-order valence-corrected chi connectivity index (χ4v) is 1.69. The Morgan fingerprint density at radius 3 is 2.94 bits per heavy atom. The molecule has 0 aliphatic carbocycles. The van der Waals surface area contributed by atoms with E-state index in [9.17, 15) is 9.59 Å². The maximum absolute atomic E-state index is 11.8. The highest BCUT2D eigenvalue weighted by Gasteiger charge is 2.21. The first-order valence-corrected chi connectivity index (χ1v) is 5.86. The van der Waals surface area contributed by atoms with E-state index < -0.39 is 0 Å². The number of nitrogens with zero attached hydrogens (tertiary/aromatic N) is 2. The molecular formula is C11H21N3O2. The van der Waals surface area contributed by atoms with Crippen molar-refractivity contribution >= 4 is 11.8 Å². The molecule has 1 saturated heterocycles. The molecule has 1 heterocycles. The second kappa shape index (κ2) is 6.48. The third-order valence-corrected chi connectivity index (χ3v) is 2.69. The number of piperazine rings is 1. The number of likely N-dealkylation sites (N-methyl/N-ethyl adjacent to an activating group) is 1. The number of amides is 2. The molecule has 0 aromatic rings. The van der Waals surface area contributed by atoms with Crippen LogP contribution in [0.15, 0.2) is 0 Å². The summed E-state index contributed by atoms with van der Waals surface area (Å²) in [5.74, 6) is -0.00994. The Labute approximate surface area is 96.8 Å². The minimum absolute atomic E-state index is 0.0495. The fraction of sp³-hybridized carbons (Fsp3) is 0.818. The topological polar surface area (TPSA) is 52.7 Å². The van der Waals surface area contributed by atoms with Gasteiger partial charge in [0.1, 0.15) is 0 Å². The molecule has 0 atom stereocenters. The largest absolute Gasteiger partial charge is 0.353 e. The van der Waals surface area contributed by atoms with Gasteiger partial charge in [-0.15, -0.1) is 0 Å². The third kappa shape index (κ3) is 4.18. The number of carbonyl (C=O) groups excluding carboxylic acids is 2. The second-order valence-corrected chi connectivity index (χ2v) is 4.26. The summed E-state index contributed by atoms with van der Waals surface area (Å²) in [4.78, 5) is 26.6. The van der Waals surface area contributed by atoms with Gasteiger partial charge >= 0.3 is 0 Å². The maximum atomic E-state index is 11.8. The molecule has 0 aromatic carbocycles. The molecule has 0 bridgehead atoms. The van der Waals surface area contributed by atoms with Crippen molar-refractivity contribution in [1.29, 1.82) is 0 Å². The highest BCUT2D eigenvalue weighted by molar-refractivity contribution is 5.86. The van der Waals surface area contributed by atoms with Crippen LogP contribution < -0.4 is 5.32 Å². The standard InChI is InChI=1S/C11H21N3O2/c1-3-4-6-13(2)9-11(16)14-7-5-12-10(15)8-14/h3-9H2,1-2H3,(H,12,15). The Morgan fingerprint density at radius 2 is 2.31 bits per heavy atom. The van der Waals surface area contributed by atoms with E-state index in [1.165, 1.54) is 0 Å². The maximum Gasteiger partial charge on any atom is 0.239 e. The van der Waals surface area contributed by atoms with Gasteiger partial charge < -0.3 is 10.2 Å².